The van der Waals surface area contributed by atoms with Gasteiger partial charge >= 0.3 is 12.0 Å². The minimum atomic E-state index is -0.858. The van der Waals surface area contributed by atoms with Gasteiger partial charge in [-0.15, -0.1) is 0 Å². The molecule has 0 spiro atoms. The van der Waals surface area contributed by atoms with E-state index < -0.39 is 5.97 Å². The van der Waals surface area contributed by atoms with E-state index in [-0.39, 0.29) is 24.4 Å². The molecule has 2 N–H and O–H groups in total. The van der Waals surface area contributed by atoms with Crippen LogP contribution in [0.3, 0.4) is 0 Å². The molecule has 5 nitrogen and oxygen atoms in total. The molecule has 5 heteroatoms. The summed E-state index contributed by atoms with van der Waals surface area (Å²) in [6.45, 7) is 4.71. The van der Waals surface area contributed by atoms with Crippen LogP contribution in [-0.4, -0.2) is 40.6 Å². The number of piperidine rings is 1. The third kappa shape index (κ3) is 4.11. The number of rotatable bonds is 4. The third-order valence-electron chi connectivity index (χ3n) is 5.01. The van der Waals surface area contributed by atoms with Crippen molar-refractivity contribution in [1.29, 1.82) is 0 Å². The maximum atomic E-state index is 12.6. The Balaban J connectivity index is 1.98. The molecule has 21 heavy (non-hydrogen) atoms. The first-order valence-corrected chi connectivity index (χ1v) is 8.28. The molecule has 120 valence electrons. The van der Waals surface area contributed by atoms with Gasteiger partial charge in [0, 0.05) is 18.6 Å². The van der Waals surface area contributed by atoms with E-state index in [1.54, 1.807) is 0 Å². The molecule has 1 saturated carbocycles. The van der Waals surface area contributed by atoms with Gasteiger partial charge in [0.1, 0.15) is 0 Å². The number of nitrogens with one attached hydrogen (secondary N) is 1. The summed E-state index contributed by atoms with van der Waals surface area (Å²) >= 11 is 0. The van der Waals surface area contributed by atoms with Gasteiger partial charge in [0.05, 0.1) is 6.42 Å². The molecule has 0 aromatic rings. The highest BCUT2D eigenvalue weighted by Crippen LogP contribution is 2.35. The molecule has 1 aliphatic heterocycles. The lowest BCUT2D eigenvalue weighted by Crippen LogP contribution is -2.55. The monoisotopic (exact) mass is 296 g/mol. The Kier molecular flexibility index (Phi) is 5.48. The number of nitrogens with zero attached hydrogens (tertiary/aromatic N) is 1. The summed E-state index contributed by atoms with van der Waals surface area (Å²) in [6, 6.07) is 0.00987. The molecule has 2 fully saturated rings. The van der Waals surface area contributed by atoms with Crippen molar-refractivity contribution in [2.75, 3.05) is 6.54 Å². The van der Waals surface area contributed by atoms with E-state index in [1.165, 1.54) is 25.7 Å². The number of urea groups is 1. The normalized spacial score (nSPS) is 27.1. The van der Waals surface area contributed by atoms with Gasteiger partial charge in [-0.3, -0.25) is 4.79 Å². The van der Waals surface area contributed by atoms with Gasteiger partial charge in [0.2, 0.25) is 0 Å². The minimum absolute atomic E-state index is 0.00859. The van der Waals surface area contributed by atoms with Crippen LogP contribution in [0.15, 0.2) is 0 Å². The van der Waals surface area contributed by atoms with Crippen molar-refractivity contribution in [2.24, 2.45) is 11.8 Å². The average Bonchev–Trinajstić information content (AvgIpc) is 2.45. The van der Waals surface area contributed by atoms with Crippen molar-refractivity contribution in [3.05, 3.63) is 0 Å². The van der Waals surface area contributed by atoms with Crippen molar-refractivity contribution >= 4 is 12.0 Å². The molecule has 2 amide bonds. The van der Waals surface area contributed by atoms with E-state index >= 15 is 0 Å². The van der Waals surface area contributed by atoms with E-state index in [0.717, 1.165) is 19.4 Å². The Morgan fingerprint density at radius 3 is 2.52 bits per heavy atom. The van der Waals surface area contributed by atoms with Gasteiger partial charge < -0.3 is 15.3 Å². The number of hydrogen-bond acceptors (Lipinski definition) is 2. The summed E-state index contributed by atoms with van der Waals surface area (Å²) in [5, 5.41) is 11.9. The van der Waals surface area contributed by atoms with E-state index in [1.807, 2.05) is 18.7 Å². The van der Waals surface area contributed by atoms with Gasteiger partial charge in [-0.25, -0.2) is 4.79 Å². The van der Waals surface area contributed by atoms with Gasteiger partial charge in [0.25, 0.3) is 0 Å². The Labute approximate surface area is 127 Å². The fourth-order valence-corrected chi connectivity index (χ4v) is 3.76. The van der Waals surface area contributed by atoms with E-state index in [2.05, 4.69) is 5.32 Å². The molecular formula is C16H28N2O3. The largest absolute Gasteiger partial charge is 0.481 e. The number of carboxylic acid groups (broad SMARTS) is 1. The molecule has 0 radical (unpaired) electrons. The predicted molar refractivity (Wildman–Crippen MR) is 81.1 cm³/mol. The summed E-state index contributed by atoms with van der Waals surface area (Å²) in [4.78, 5) is 25.5. The maximum Gasteiger partial charge on any atom is 0.317 e. The molecule has 3 unspecified atom stereocenters. The van der Waals surface area contributed by atoms with Gasteiger partial charge in [0.15, 0.2) is 0 Å². The Bertz CT molecular complexity index is 382. The molecule has 0 bridgehead atoms. The second-order valence-corrected chi connectivity index (χ2v) is 6.85. The van der Waals surface area contributed by atoms with E-state index in [0.29, 0.717) is 12.0 Å². The quantitative estimate of drug-likeness (QED) is 0.838. The molecule has 1 aliphatic carbocycles. The number of likely N-dealkylation sites (tertiary alicyclic amines) is 1. The van der Waals surface area contributed by atoms with E-state index in [9.17, 15) is 9.59 Å². The summed E-state index contributed by atoms with van der Waals surface area (Å²) in [6.07, 6.45) is 7.11. The number of carbonyl (C=O) groups excluding carboxylic acids is 1. The van der Waals surface area contributed by atoms with Gasteiger partial charge in [-0.1, -0.05) is 26.7 Å². The minimum Gasteiger partial charge on any atom is -0.481 e. The zero-order valence-electron chi connectivity index (χ0n) is 13.2. The Morgan fingerprint density at radius 1 is 1.19 bits per heavy atom. The molecule has 2 aliphatic rings. The van der Waals surface area contributed by atoms with Crippen LogP contribution >= 0.6 is 0 Å². The van der Waals surface area contributed by atoms with Crippen LogP contribution in [0.4, 0.5) is 4.79 Å². The molecule has 0 aromatic carbocycles. The zero-order valence-corrected chi connectivity index (χ0v) is 13.2. The van der Waals surface area contributed by atoms with Crippen LogP contribution < -0.4 is 5.32 Å². The van der Waals surface area contributed by atoms with Gasteiger partial charge in [-0.2, -0.15) is 0 Å². The second-order valence-electron chi connectivity index (χ2n) is 6.85. The van der Waals surface area contributed by atoms with Crippen LogP contribution in [0.25, 0.3) is 0 Å². The molecule has 1 saturated heterocycles. The van der Waals surface area contributed by atoms with Crippen LogP contribution in [0.2, 0.25) is 0 Å². The van der Waals surface area contributed by atoms with E-state index in [4.69, 9.17) is 5.11 Å². The lowest BCUT2D eigenvalue weighted by Gasteiger charge is -2.44. The van der Waals surface area contributed by atoms with Crippen molar-refractivity contribution in [3.8, 4) is 0 Å². The number of carboxylic acids is 1. The van der Waals surface area contributed by atoms with Crippen molar-refractivity contribution in [2.45, 2.75) is 70.9 Å². The van der Waals surface area contributed by atoms with Crippen LogP contribution in [0.5, 0.6) is 0 Å². The second kappa shape index (κ2) is 7.14. The van der Waals surface area contributed by atoms with Crippen LogP contribution in [-0.2, 0) is 4.79 Å². The first kappa shape index (κ1) is 16.1. The van der Waals surface area contributed by atoms with Crippen molar-refractivity contribution in [3.63, 3.8) is 0 Å². The fourth-order valence-electron chi connectivity index (χ4n) is 3.76. The molecule has 1 heterocycles. The summed E-state index contributed by atoms with van der Waals surface area (Å²) in [5.74, 6) is -0.0876. The number of carbonyl (C=O) groups is 2. The summed E-state index contributed by atoms with van der Waals surface area (Å²) in [7, 11) is 0. The maximum absolute atomic E-state index is 12.6. The number of hydrogen-bond donors (Lipinski definition) is 2. The standard InChI is InChI=1S/C16H28N2O3/c1-11(2)13(10-15(19)20)17-16(21)18-9-5-7-12-6-3-4-8-14(12)18/h11-14H,3-10H2,1-2H3,(H,17,21)(H,19,20). The lowest BCUT2D eigenvalue weighted by molar-refractivity contribution is -0.137. The van der Waals surface area contributed by atoms with Crippen molar-refractivity contribution < 1.29 is 14.7 Å². The molecule has 0 aromatic heterocycles. The molecule has 3 atom stereocenters. The topological polar surface area (TPSA) is 69.6 Å². The number of amides is 2. The zero-order chi connectivity index (χ0) is 15.4. The summed E-state index contributed by atoms with van der Waals surface area (Å²) < 4.78 is 0. The molecule has 2 rings (SSSR count). The molecular weight excluding hydrogens is 268 g/mol. The fraction of sp³-hybridized carbons (Fsp3) is 0.875. The number of fused-ring (bicyclic) bond motifs is 1. The van der Waals surface area contributed by atoms with Crippen LogP contribution in [0, 0.1) is 11.8 Å². The first-order valence-electron chi connectivity index (χ1n) is 8.28. The summed E-state index contributed by atoms with van der Waals surface area (Å²) in [5.41, 5.74) is 0. The predicted octanol–water partition coefficient (Wildman–Crippen LogP) is 2.85. The Morgan fingerprint density at radius 2 is 1.86 bits per heavy atom. The highest BCUT2D eigenvalue weighted by molar-refractivity contribution is 5.76. The highest BCUT2D eigenvalue weighted by atomic mass is 16.4. The lowest BCUT2D eigenvalue weighted by atomic mass is 9.78. The number of aliphatic carboxylic acids is 1. The third-order valence-corrected chi connectivity index (χ3v) is 5.01. The smallest absolute Gasteiger partial charge is 0.317 e. The SMILES string of the molecule is CC(C)C(CC(=O)O)NC(=O)N1CCCC2CCCCC21. The van der Waals surface area contributed by atoms with Gasteiger partial charge in [-0.05, 0) is 37.5 Å². The Hall–Kier alpha value is -1.26. The highest BCUT2D eigenvalue weighted by Gasteiger charge is 2.36. The first-order chi connectivity index (χ1) is 9.99. The van der Waals surface area contributed by atoms with Crippen molar-refractivity contribution in [1.82, 2.24) is 10.2 Å². The van der Waals surface area contributed by atoms with Crippen LogP contribution in [0.1, 0.15) is 58.8 Å². The average molecular weight is 296 g/mol.